The maximum atomic E-state index is 11.1. The van der Waals surface area contributed by atoms with Gasteiger partial charge in [0, 0.05) is 0 Å². The highest BCUT2D eigenvalue weighted by atomic mass is 16.3. The molecule has 2 saturated carbocycles. The highest BCUT2D eigenvalue weighted by molar-refractivity contribution is 5.43. The summed E-state index contributed by atoms with van der Waals surface area (Å²) in [6.07, 6.45) is 13.8. The van der Waals surface area contributed by atoms with Crippen molar-refractivity contribution in [2.24, 2.45) is 22.7 Å². The molecule has 0 amide bonds. The van der Waals surface area contributed by atoms with E-state index in [1.807, 2.05) is 12.1 Å². The molecule has 1 unspecified atom stereocenters. The fourth-order valence-corrected chi connectivity index (χ4v) is 7.88. The number of allylic oxidation sites excluding steroid dienone is 1. The van der Waals surface area contributed by atoms with Crippen molar-refractivity contribution in [3.63, 3.8) is 0 Å². The van der Waals surface area contributed by atoms with Gasteiger partial charge in [-0.3, -0.25) is 0 Å². The van der Waals surface area contributed by atoms with Gasteiger partial charge in [0.2, 0.25) is 0 Å². The van der Waals surface area contributed by atoms with Crippen molar-refractivity contribution >= 4 is 0 Å². The van der Waals surface area contributed by atoms with Crippen LogP contribution in [0.2, 0.25) is 0 Å². The van der Waals surface area contributed by atoms with Crippen LogP contribution in [0.1, 0.15) is 81.8 Å². The molecule has 4 rings (SSSR count). The Balaban J connectivity index is 1.61. The Bertz CT molecular complexity index is 789. The second-order valence-electron chi connectivity index (χ2n) is 11.3. The lowest BCUT2D eigenvalue weighted by Gasteiger charge is -2.60. The predicted molar refractivity (Wildman–Crippen MR) is 128 cm³/mol. The Hall–Kier alpha value is -1.32. The molecule has 0 heterocycles. The van der Waals surface area contributed by atoms with Gasteiger partial charge < -0.3 is 15.1 Å². The lowest BCUT2D eigenvalue weighted by Crippen LogP contribution is -2.54. The molecule has 0 aromatic heterocycles. The van der Waals surface area contributed by atoms with E-state index in [4.69, 9.17) is 0 Å². The summed E-state index contributed by atoms with van der Waals surface area (Å²) < 4.78 is 0. The third kappa shape index (κ3) is 3.97. The fraction of sp³-hybridized carbons (Fsp3) is 0.714. The van der Waals surface area contributed by atoms with Gasteiger partial charge >= 0.3 is 0 Å². The lowest BCUT2D eigenvalue weighted by molar-refractivity contribution is -0.0812. The van der Waals surface area contributed by atoms with Crippen LogP contribution in [0.3, 0.4) is 0 Å². The Morgan fingerprint density at radius 2 is 1.94 bits per heavy atom. The number of nitrogens with zero attached hydrogens (tertiary/aromatic N) is 1. The summed E-state index contributed by atoms with van der Waals surface area (Å²) in [7, 11) is 4.30. The SMILES string of the molecule is C=CC12CCc3cc(O)ccc3[C@H]1[C@@H](CCCCCCN(C)C)C[C@]1(C)[C@@H](O)CC[C@@H]21. The van der Waals surface area contributed by atoms with Crippen molar-refractivity contribution < 1.29 is 10.2 Å². The Labute approximate surface area is 189 Å². The normalized spacial score (nSPS) is 36.7. The average Bonchev–Trinajstić information content (AvgIpc) is 3.04. The van der Waals surface area contributed by atoms with Crippen molar-refractivity contribution in [2.75, 3.05) is 20.6 Å². The van der Waals surface area contributed by atoms with Crippen LogP contribution in [0.15, 0.2) is 30.9 Å². The van der Waals surface area contributed by atoms with E-state index in [0.29, 0.717) is 23.5 Å². The number of aliphatic hydroxyl groups is 1. The number of hydrogen-bond donors (Lipinski definition) is 2. The number of aromatic hydroxyl groups is 1. The van der Waals surface area contributed by atoms with Crippen LogP contribution >= 0.6 is 0 Å². The number of fused-ring (bicyclic) bond motifs is 5. The number of phenols is 1. The van der Waals surface area contributed by atoms with Crippen molar-refractivity contribution in [3.05, 3.63) is 42.0 Å². The monoisotopic (exact) mass is 425 g/mol. The molecule has 1 aromatic carbocycles. The third-order valence-corrected chi connectivity index (χ3v) is 9.29. The van der Waals surface area contributed by atoms with Crippen LogP contribution in [0, 0.1) is 22.7 Å². The molecule has 6 atom stereocenters. The topological polar surface area (TPSA) is 43.7 Å². The first-order valence-electron chi connectivity index (χ1n) is 12.6. The van der Waals surface area contributed by atoms with E-state index in [1.54, 1.807) is 0 Å². The standard InChI is InChI=1S/C28H43NO2/c1-5-28-16-15-20-18-22(30)11-12-23(20)26(28)21(10-8-6-7-9-17-29(3)4)19-27(2)24(28)13-14-25(27)31/h5,11-12,18,21,24-26,30-31H,1,6-10,13-17,19H2,2-4H3/t21-,24+,25-,26+,27-,28?/m0/s1. The molecule has 3 aliphatic carbocycles. The first-order chi connectivity index (χ1) is 14.8. The van der Waals surface area contributed by atoms with E-state index in [9.17, 15) is 10.2 Å². The summed E-state index contributed by atoms with van der Waals surface area (Å²) in [6, 6.07) is 6.08. The highest BCUT2D eigenvalue weighted by Gasteiger charge is 2.63. The molecule has 0 saturated heterocycles. The van der Waals surface area contributed by atoms with Crippen LogP contribution in [0.25, 0.3) is 0 Å². The summed E-state index contributed by atoms with van der Waals surface area (Å²) in [4.78, 5) is 2.27. The maximum absolute atomic E-state index is 11.1. The molecule has 1 aromatic rings. The van der Waals surface area contributed by atoms with Gasteiger partial charge in [-0.25, -0.2) is 0 Å². The molecule has 2 fully saturated rings. The first-order valence-corrected chi connectivity index (χ1v) is 12.6. The molecular formula is C28H43NO2. The molecule has 0 bridgehead atoms. The van der Waals surface area contributed by atoms with E-state index < -0.39 is 0 Å². The van der Waals surface area contributed by atoms with Crippen molar-refractivity contribution in [1.82, 2.24) is 4.90 Å². The Morgan fingerprint density at radius 1 is 1.16 bits per heavy atom. The summed E-state index contributed by atoms with van der Waals surface area (Å²) in [5, 5.41) is 21.2. The van der Waals surface area contributed by atoms with E-state index >= 15 is 0 Å². The molecule has 2 N–H and O–H groups in total. The minimum atomic E-state index is -0.181. The molecule has 0 spiro atoms. The van der Waals surface area contributed by atoms with Gasteiger partial charge in [0.25, 0.3) is 0 Å². The van der Waals surface area contributed by atoms with Gasteiger partial charge in [0.05, 0.1) is 6.10 Å². The Morgan fingerprint density at radius 3 is 2.68 bits per heavy atom. The molecule has 172 valence electrons. The van der Waals surface area contributed by atoms with Gasteiger partial charge in [-0.1, -0.05) is 38.3 Å². The zero-order chi connectivity index (χ0) is 22.2. The summed E-state index contributed by atoms with van der Waals surface area (Å²) >= 11 is 0. The van der Waals surface area contributed by atoms with E-state index in [-0.39, 0.29) is 16.9 Å². The zero-order valence-corrected chi connectivity index (χ0v) is 19.9. The Kier molecular flexibility index (Phi) is 6.57. The summed E-state index contributed by atoms with van der Waals surface area (Å²) in [5.41, 5.74) is 2.87. The van der Waals surface area contributed by atoms with E-state index in [2.05, 4.69) is 44.6 Å². The third-order valence-electron chi connectivity index (χ3n) is 9.29. The van der Waals surface area contributed by atoms with Crippen LogP contribution in [0.4, 0.5) is 0 Å². The van der Waals surface area contributed by atoms with Crippen LogP contribution < -0.4 is 0 Å². The van der Waals surface area contributed by atoms with Crippen molar-refractivity contribution in [3.8, 4) is 5.75 Å². The molecular weight excluding hydrogens is 382 g/mol. The molecule has 3 aliphatic rings. The molecule has 31 heavy (non-hydrogen) atoms. The van der Waals surface area contributed by atoms with Crippen molar-refractivity contribution in [2.45, 2.75) is 83.2 Å². The molecule has 3 heteroatoms. The zero-order valence-electron chi connectivity index (χ0n) is 19.9. The van der Waals surface area contributed by atoms with E-state index in [0.717, 1.165) is 32.1 Å². The minimum Gasteiger partial charge on any atom is -0.508 e. The van der Waals surface area contributed by atoms with Crippen molar-refractivity contribution in [1.29, 1.82) is 0 Å². The average molecular weight is 426 g/mol. The predicted octanol–water partition coefficient (Wildman–Crippen LogP) is 5.90. The molecule has 0 radical (unpaired) electrons. The smallest absolute Gasteiger partial charge is 0.115 e. The largest absolute Gasteiger partial charge is 0.508 e. The quantitative estimate of drug-likeness (QED) is 0.402. The number of unbranched alkanes of at least 4 members (excludes halogenated alkanes) is 3. The maximum Gasteiger partial charge on any atom is 0.115 e. The second-order valence-corrected chi connectivity index (χ2v) is 11.3. The van der Waals surface area contributed by atoms with Gasteiger partial charge in [-0.15, -0.1) is 6.58 Å². The van der Waals surface area contributed by atoms with E-state index in [1.165, 1.54) is 49.8 Å². The van der Waals surface area contributed by atoms with Crippen LogP contribution in [0.5, 0.6) is 5.75 Å². The second kappa shape index (κ2) is 8.90. The fourth-order valence-electron chi connectivity index (χ4n) is 7.88. The first kappa shape index (κ1) is 22.9. The lowest BCUT2D eigenvalue weighted by atomic mass is 9.44. The molecule has 0 aliphatic heterocycles. The van der Waals surface area contributed by atoms with Crippen LogP contribution in [-0.4, -0.2) is 41.9 Å². The number of phenolic OH excluding ortho intramolecular Hbond substituents is 1. The number of hydrogen-bond acceptors (Lipinski definition) is 3. The number of benzene rings is 1. The number of aryl methyl sites for hydroxylation is 1. The molecule has 3 nitrogen and oxygen atoms in total. The van der Waals surface area contributed by atoms with Gasteiger partial charge in [-0.2, -0.15) is 0 Å². The van der Waals surface area contributed by atoms with Gasteiger partial charge in [-0.05, 0) is 117 Å². The highest BCUT2D eigenvalue weighted by Crippen LogP contribution is 2.69. The minimum absolute atomic E-state index is 0.00863. The van der Waals surface area contributed by atoms with Gasteiger partial charge in [0.15, 0.2) is 0 Å². The van der Waals surface area contributed by atoms with Gasteiger partial charge in [0.1, 0.15) is 5.75 Å². The number of aliphatic hydroxyl groups excluding tert-OH is 1. The summed E-state index contributed by atoms with van der Waals surface area (Å²) in [5.74, 6) is 1.94. The number of rotatable bonds is 8. The summed E-state index contributed by atoms with van der Waals surface area (Å²) in [6.45, 7) is 7.95. The van der Waals surface area contributed by atoms with Crippen LogP contribution in [-0.2, 0) is 6.42 Å².